The van der Waals surface area contributed by atoms with Crippen molar-refractivity contribution < 1.29 is 23.8 Å². The van der Waals surface area contributed by atoms with Crippen LogP contribution in [0.2, 0.25) is 5.02 Å². The number of cyclic esters (lactones) is 1. The van der Waals surface area contributed by atoms with Crippen molar-refractivity contribution in [2.75, 3.05) is 18.6 Å². The third-order valence-electron chi connectivity index (χ3n) is 4.56. The van der Waals surface area contributed by atoms with E-state index in [-0.39, 0.29) is 12.4 Å². The Labute approximate surface area is 168 Å². The van der Waals surface area contributed by atoms with E-state index in [0.29, 0.717) is 29.5 Å². The molecule has 2 atom stereocenters. The van der Waals surface area contributed by atoms with Crippen LogP contribution >= 0.6 is 11.6 Å². The SMILES string of the molecule is CCOC(=O)CC[C@@H]1OC(=O)N(c2ccc(Cl)cc2)[C@H]1c1cccc(OC)c1. The molecule has 6 nitrogen and oxygen atoms in total. The molecule has 7 heteroatoms. The minimum absolute atomic E-state index is 0.167. The monoisotopic (exact) mass is 403 g/mol. The van der Waals surface area contributed by atoms with Crippen LogP contribution in [0.3, 0.4) is 0 Å². The molecule has 0 spiro atoms. The molecule has 1 heterocycles. The summed E-state index contributed by atoms with van der Waals surface area (Å²) in [5.41, 5.74) is 1.52. The minimum Gasteiger partial charge on any atom is -0.497 e. The number of hydrogen-bond acceptors (Lipinski definition) is 5. The number of rotatable bonds is 7. The van der Waals surface area contributed by atoms with E-state index in [1.54, 1.807) is 43.2 Å². The zero-order chi connectivity index (χ0) is 20.1. The second-order valence-corrected chi connectivity index (χ2v) is 6.77. The molecular weight excluding hydrogens is 382 g/mol. The molecule has 0 saturated carbocycles. The summed E-state index contributed by atoms with van der Waals surface area (Å²) in [7, 11) is 1.59. The number of nitrogens with zero attached hydrogens (tertiary/aromatic N) is 1. The lowest BCUT2D eigenvalue weighted by Crippen LogP contribution is -2.29. The van der Waals surface area contributed by atoms with Crippen molar-refractivity contribution in [3.63, 3.8) is 0 Å². The van der Waals surface area contributed by atoms with Crippen LogP contribution in [0.5, 0.6) is 5.75 Å². The van der Waals surface area contributed by atoms with Crippen molar-refractivity contribution in [2.24, 2.45) is 0 Å². The van der Waals surface area contributed by atoms with Gasteiger partial charge in [0.15, 0.2) is 0 Å². The van der Waals surface area contributed by atoms with Crippen LogP contribution in [0.25, 0.3) is 0 Å². The van der Waals surface area contributed by atoms with E-state index in [0.717, 1.165) is 5.56 Å². The van der Waals surface area contributed by atoms with Gasteiger partial charge < -0.3 is 14.2 Å². The Balaban J connectivity index is 1.94. The molecule has 2 aromatic rings. The summed E-state index contributed by atoms with van der Waals surface area (Å²) in [6.07, 6.45) is -0.444. The summed E-state index contributed by atoms with van der Waals surface area (Å²) in [6.45, 7) is 2.08. The standard InChI is InChI=1S/C21H22ClNO5/c1-3-27-19(24)12-11-18-20(14-5-4-6-17(13-14)26-2)23(21(25)28-18)16-9-7-15(22)8-10-16/h4-10,13,18,20H,3,11-12H2,1-2H3/t18-,20-/m0/s1. The molecule has 0 N–H and O–H groups in total. The molecular formula is C21H22ClNO5. The number of amides is 1. The largest absolute Gasteiger partial charge is 0.497 e. The highest BCUT2D eigenvalue weighted by atomic mass is 35.5. The predicted octanol–water partition coefficient (Wildman–Crippen LogP) is 4.76. The van der Waals surface area contributed by atoms with Gasteiger partial charge in [-0.15, -0.1) is 0 Å². The van der Waals surface area contributed by atoms with Crippen molar-refractivity contribution in [3.8, 4) is 5.75 Å². The van der Waals surface area contributed by atoms with Crippen molar-refractivity contribution in [2.45, 2.75) is 31.9 Å². The maximum absolute atomic E-state index is 12.7. The van der Waals surface area contributed by atoms with Gasteiger partial charge in [0, 0.05) is 17.1 Å². The van der Waals surface area contributed by atoms with E-state index < -0.39 is 18.2 Å². The first-order chi connectivity index (χ1) is 13.5. The quantitative estimate of drug-likeness (QED) is 0.623. The highest BCUT2D eigenvalue weighted by Crippen LogP contribution is 2.40. The zero-order valence-corrected chi connectivity index (χ0v) is 16.5. The maximum atomic E-state index is 12.7. The third kappa shape index (κ3) is 4.39. The maximum Gasteiger partial charge on any atom is 0.415 e. The lowest BCUT2D eigenvalue weighted by molar-refractivity contribution is -0.143. The summed E-state index contributed by atoms with van der Waals surface area (Å²) in [5, 5.41) is 0.577. The van der Waals surface area contributed by atoms with Crippen LogP contribution in [0.4, 0.5) is 10.5 Å². The fourth-order valence-electron chi connectivity index (χ4n) is 3.30. The van der Waals surface area contributed by atoms with Crippen LogP contribution in [-0.2, 0) is 14.3 Å². The van der Waals surface area contributed by atoms with Crippen molar-refractivity contribution in [1.82, 2.24) is 0 Å². The molecule has 0 bridgehead atoms. The van der Waals surface area contributed by atoms with Gasteiger partial charge >= 0.3 is 12.1 Å². The lowest BCUT2D eigenvalue weighted by Gasteiger charge is -2.25. The highest BCUT2D eigenvalue weighted by molar-refractivity contribution is 6.30. The van der Waals surface area contributed by atoms with Gasteiger partial charge in [-0.3, -0.25) is 9.69 Å². The number of anilines is 1. The van der Waals surface area contributed by atoms with E-state index in [1.807, 2.05) is 24.3 Å². The minimum atomic E-state index is -0.500. The fraction of sp³-hybridized carbons (Fsp3) is 0.333. The lowest BCUT2D eigenvalue weighted by atomic mass is 9.97. The molecule has 1 amide bonds. The molecule has 1 saturated heterocycles. The molecule has 1 fully saturated rings. The van der Waals surface area contributed by atoms with Gasteiger partial charge in [-0.1, -0.05) is 23.7 Å². The Morgan fingerprint density at radius 1 is 1.21 bits per heavy atom. The molecule has 1 aliphatic rings. The average Bonchev–Trinajstić information content (AvgIpc) is 3.03. The van der Waals surface area contributed by atoms with Crippen LogP contribution in [0, 0.1) is 0 Å². The van der Waals surface area contributed by atoms with Gasteiger partial charge in [0.25, 0.3) is 0 Å². The van der Waals surface area contributed by atoms with Crippen LogP contribution in [0.15, 0.2) is 48.5 Å². The number of methoxy groups -OCH3 is 1. The van der Waals surface area contributed by atoms with Gasteiger partial charge in [-0.05, 0) is 55.3 Å². The first-order valence-corrected chi connectivity index (χ1v) is 9.46. The molecule has 2 aromatic carbocycles. The van der Waals surface area contributed by atoms with E-state index in [2.05, 4.69) is 0 Å². The summed E-state index contributed by atoms with van der Waals surface area (Å²) in [6, 6.07) is 14.0. The van der Waals surface area contributed by atoms with Gasteiger partial charge in [0.05, 0.1) is 13.7 Å². The number of hydrogen-bond donors (Lipinski definition) is 0. The van der Waals surface area contributed by atoms with Gasteiger partial charge in [-0.25, -0.2) is 4.79 Å². The van der Waals surface area contributed by atoms with Crippen molar-refractivity contribution in [3.05, 3.63) is 59.1 Å². The topological polar surface area (TPSA) is 65.1 Å². The number of benzene rings is 2. The highest BCUT2D eigenvalue weighted by Gasteiger charge is 2.43. The van der Waals surface area contributed by atoms with E-state index in [1.165, 1.54) is 0 Å². The number of carbonyl (C=O) groups is 2. The second kappa shape index (κ2) is 8.97. The van der Waals surface area contributed by atoms with Gasteiger partial charge in [0.1, 0.15) is 17.9 Å². The Hall–Kier alpha value is -2.73. The van der Waals surface area contributed by atoms with E-state index in [9.17, 15) is 9.59 Å². The molecule has 0 aromatic heterocycles. The second-order valence-electron chi connectivity index (χ2n) is 6.33. The van der Waals surface area contributed by atoms with Crippen LogP contribution in [0.1, 0.15) is 31.4 Å². The zero-order valence-electron chi connectivity index (χ0n) is 15.8. The number of esters is 1. The van der Waals surface area contributed by atoms with Gasteiger partial charge in [0.2, 0.25) is 0 Å². The molecule has 0 unspecified atom stereocenters. The Bertz CT molecular complexity index is 839. The summed E-state index contributed by atoms with van der Waals surface area (Å²) in [5.74, 6) is 0.366. The van der Waals surface area contributed by atoms with Crippen LogP contribution in [-0.4, -0.2) is 31.9 Å². The molecule has 0 radical (unpaired) electrons. The van der Waals surface area contributed by atoms with Crippen LogP contribution < -0.4 is 9.64 Å². The fourth-order valence-corrected chi connectivity index (χ4v) is 3.42. The number of carbonyl (C=O) groups excluding carboxylic acids is 2. The Morgan fingerprint density at radius 3 is 2.64 bits per heavy atom. The number of ether oxygens (including phenoxy) is 3. The normalized spacial score (nSPS) is 18.7. The van der Waals surface area contributed by atoms with Crippen molar-refractivity contribution >= 4 is 29.4 Å². The average molecular weight is 404 g/mol. The first kappa shape index (κ1) is 20.0. The molecule has 3 rings (SSSR count). The molecule has 148 valence electrons. The first-order valence-electron chi connectivity index (χ1n) is 9.08. The third-order valence-corrected chi connectivity index (χ3v) is 4.81. The van der Waals surface area contributed by atoms with E-state index in [4.69, 9.17) is 25.8 Å². The smallest absolute Gasteiger partial charge is 0.415 e. The van der Waals surface area contributed by atoms with Crippen molar-refractivity contribution in [1.29, 1.82) is 0 Å². The summed E-state index contributed by atoms with van der Waals surface area (Å²) < 4.78 is 16.0. The molecule has 1 aliphatic heterocycles. The van der Waals surface area contributed by atoms with Gasteiger partial charge in [-0.2, -0.15) is 0 Å². The Morgan fingerprint density at radius 2 is 1.96 bits per heavy atom. The predicted molar refractivity (Wildman–Crippen MR) is 106 cm³/mol. The van der Waals surface area contributed by atoms with E-state index >= 15 is 0 Å². The Kier molecular flexibility index (Phi) is 6.41. The number of halogens is 1. The molecule has 0 aliphatic carbocycles. The summed E-state index contributed by atoms with van der Waals surface area (Å²) in [4.78, 5) is 26.1. The summed E-state index contributed by atoms with van der Waals surface area (Å²) >= 11 is 5.99. The molecule has 28 heavy (non-hydrogen) atoms.